The maximum atomic E-state index is 10.5. The van der Waals surface area contributed by atoms with Crippen LogP contribution in [0.15, 0.2) is 36.4 Å². The van der Waals surface area contributed by atoms with Crippen LogP contribution in [0.1, 0.15) is 11.1 Å². The zero-order valence-corrected chi connectivity index (χ0v) is 20.9. The van der Waals surface area contributed by atoms with E-state index in [9.17, 15) is 51.1 Å². The first-order valence-electron chi connectivity index (χ1n) is 12.3. The Hall–Kier alpha value is -3.02. The highest BCUT2D eigenvalue weighted by Crippen LogP contribution is 2.31. The second kappa shape index (κ2) is 12.7. The van der Waals surface area contributed by atoms with E-state index in [1.165, 1.54) is 48.6 Å². The lowest BCUT2D eigenvalue weighted by Crippen LogP contribution is -2.60. The molecule has 2 aliphatic rings. The van der Waals surface area contributed by atoms with Crippen molar-refractivity contribution in [3.8, 4) is 23.0 Å². The average Bonchev–Trinajstić information content (AvgIpc) is 2.93. The van der Waals surface area contributed by atoms with E-state index >= 15 is 0 Å². The standard InChI is InChI=1S/C26H32O14/c27-9-17-19(31)21(33)23(35)25(39-17)37-14-4-3-12(16(30)8-14)2-1-11-5-13(29)7-15(6-11)38-26-24(36)22(34)20(32)18(10-28)40-26/h1-8,17-36H,9-10H2/b2-1-/t17-,18-,19-,20-,21+,22+,23-,24-,25-,26-/m1/s1. The van der Waals surface area contributed by atoms with Crippen molar-refractivity contribution in [1.82, 2.24) is 0 Å². The molecular formula is C26H32O14. The molecule has 0 bridgehead atoms. The van der Waals surface area contributed by atoms with Crippen LogP contribution in [0, 0.1) is 0 Å². The predicted octanol–water partition coefficient (Wildman–Crippen LogP) is -2.37. The number of hydrogen-bond donors (Lipinski definition) is 10. The zero-order chi connectivity index (χ0) is 29.1. The topological polar surface area (TPSA) is 239 Å². The molecule has 10 atom stereocenters. The number of hydrogen-bond acceptors (Lipinski definition) is 14. The minimum absolute atomic E-state index is 0.0384. The summed E-state index contributed by atoms with van der Waals surface area (Å²) in [5.41, 5.74) is 0.724. The smallest absolute Gasteiger partial charge is 0.229 e. The number of aliphatic hydroxyl groups excluding tert-OH is 8. The first kappa shape index (κ1) is 30.0. The summed E-state index contributed by atoms with van der Waals surface area (Å²) in [6.07, 6.45) is -11.8. The summed E-state index contributed by atoms with van der Waals surface area (Å²) < 4.78 is 21.6. The first-order chi connectivity index (χ1) is 19.0. The lowest BCUT2D eigenvalue weighted by atomic mass is 9.99. The summed E-state index contributed by atoms with van der Waals surface area (Å²) in [4.78, 5) is 0. The second-order valence-electron chi connectivity index (χ2n) is 9.44. The van der Waals surface area contributed by atoms with E-state index in [1.54, 1.807) is 0 Å². The van der Waals surface area contributed by atoms with Gasteiger partial charge in [-0.3, -0.25) is 0 Å². The molecule has 2 aliphatic heterocycles. The van der Waals surface area contributed by atoms with Gasteiger partial charge >= 0.3 is 0 Å². The van der Waals surface area contributed by atoms with E-state index in [0.29, 0.717) is 11.1 Å². The van der Waals surface area contributed by atoms with Gasteiger partial charge in [0.2, 0.25) is 12.6 Å². The fraction of sp³-hybridized carbons (Fsp3) is 0.462. The number of phenolic OH excluding ortho intramolecular Hbond substituents is 2. The van der Waals surface area contributed by atoms with Crippen molar-refractivity contribution in [3.63, 3.8) is 0 Å². The predicted molar refractivity (Wildman–Crippen MR) is 134 cm³/mol. The number of benzene rings is 2. The van der Waals surface area contributed by atoms with Crippen LogP contribution in [0.3, 0.4) is 0 Å². The van der Waals surface area contributed by atoms with Gasteiger partial charge in [-0.1, -0.05) is 12.2 Å². The van der Waals surface area contributed by atoms with Crippen LogP contribution in [0.25, 0.3) is 12.2 Å². The van der Waals surface area contributed by atoms with Crippen LogP contribution in [-0.2, 0) is 9.47 Å². The Morgan fingerprint density at radius 2 is 1.18 bits per heavy atom. The monoisotopic (exact) mass is 568 g/mol. The molecule has 0 spiro atoms. The van der Waals surface area contributed by atoms with E-state index in [4.69, 9.17) is 18.9 Å². The molecular weight excluding hydrogens is 536 g/mol. The van der Waals surface area contributed by atoms with Crippen molar-refractivity contribution in [2.75, 3.05) is 13.2 Å². The average molecular weight is 569 g/mol. The van der Waals surface area contributed by atoms with E-state index in [0.717, 1.165) is 0 Å². The van der Waals surface area contributed by atoms with E-state index in [1.807, 2.05) is 0 Å². The van der Waals surface area contributed by atoms with Crippen LogP contribution < -0.4 is 9.47 Å². The molecule has 0 aliphatic carbocycles. The van der Waals surface area contributed by atoms with Crippen LogP contribution in [0.4, 0.5) is 0 Å². The molecule has 2 heterocycles. The lowest BCUT2D eigenvalue weighted by Gasteiger charge is -2.39. The lowest BCUT2D eigenvalue weighted by molar-refractivity contribution is -0.277. The van der Waals surface area contributed by atoms with Crippen LogP contribution in [-0.4, -0.2) is 126 Å². The Morgan fingerprint density at radius 1 is 0.625 bits per heavy atom. The minimum atomic E-state index is -1.64. The molecule has 0 amide bonds. The molecule has 0 saturated carbocycles. The zero-order valence-electron chi connectivity index (χ0n) is 20.9. The Balaban J connectivity index is 1.45. The summed E-state index contributed by atoms with van der Waals surface area (Å²) in [6.45, 7) is -1.25. The second-order valence-corrected chi connectivity index (χ2v) is 9.44. The van der Waals surface area contributed by atoms with E-state index < -0.39 is 74.6 Å². The van der Waals surface area contributed by atoms with Crippen LogP contribution in [0.2, 0.25) is 0 Å². The van der Waals surface area contributed by atoms with Crippen LogP contribution >= 0.6 is 0 Å². The quantitative estimate of drug-likeness (QED) is 0.150. The molecule has 0 unspecified atom stereocenters. The molecule has 0 radical (unpaired) electrons. The number of rotatable bonds is 8. The Kier molecular flexibility index (Phi) is 9.48. The van der Waals surface area contributed by atoms with Gasteiger partial charge in [0.25, 0.3) is 0 Å². The Morgan fingerprint density at radius 3 is 1.70 bits per heavy atom. The summed E-state index contributed by atoms with van der Waals surface area (Å²) in [5, 5.41) is 99.2. The van der Waals surface area contributed by atoms with Gasteiger partial charge in [-0.15, -0.1) is 0 Å². The third-order valence-corrected chi connectivity index (χ3v) is 6.57. The maximum absolute atomic E-state index is 10.5. The molecule has 14 heteroatoms. The van der Waals surface area contributed by atoms with Crippen molar-refractivity contribution < 1.29 is 70.0 Å². The summed E-state index contributed by atoms with van der Waals surface area (Å²) in [6, 6.07) is 8.20. The van der Waals surface area contributed by atoms with Crippen molar-refractivity contribution in [2.45, 2.75) is 61.4 Å². The minimum Gasteiger partial charge on any atom is -0.508 e. The van der Waals surface area contributed by atoms with Gasteiger partial charge in [0.1, 0.15) is 71.8 Å². The van der Waals surface area contributed by atoms with E-state index in [-0.39, 0.29) is 23.0 Å². The summed E-state index contributed by atoms with van der Waals surface area (Å²) in [5.74, 6) is -0.353. The van der Waals surface area contributed by atoms with Gasteiger partial charge in [0.05, 0.1) is 13.2 Å². The third-order valence-electron chi connectivity index (χ3n) is 6.57. The highest BCUT2D eigenvalue weighted by Gasteiger charge is 2.45. The molecule has 14 nitrogen and oxygen atoms in total. The maximum Gasteiger partial charge on any atom is 0.229 e. The Labute approximate surface area is 227 Å². The normalized spacial score (nSPS) is 34.6. The van der Waals surface area contributed by atoms with E-state index in [2.05, 4.69) is 0 Å². The molecule has 2 aromatic carbocycles. The van der Waals surface area contributed by atoms with Crippen molar-refractivity contribution in [3.05, 3.63) is 47.5 Å². The van der Waals surface area contributed by atoms with Gasteiger partial charge in [0, 0.05) is 17.7 Å². The van der Waals surface area contributed by atoms with Gasteiger partial charge in [-0.2, -0.15) is 0 Å². The SMILES string of the molecule is OC[C@H]1O[C@@H](Oc2cc(O)cc(/C=C\c3ccc(O[C@@H]4O[C@H](CO)[C@@H](O)[C@H](O)[C@H]4O)cc3O)c2)[C@H](O)[C@@H](O)[C@@H]1O. The largest absolute Gasteiger partial charge is 0.508 e. The van der Waals surface area contributed by atoms with Gasteiger partial charge in [-0.25, -0.2) is 0 Å². The highest BCUT2D eigenvalue weighted by molar-refractivity contribution is 5.74. The van der Waals surface area contributed by atoms with Crippen LogP contribution in [0.5, 0.6) is 23.0 Å². The molecule has 2 aromatic rings. The highest BCUT2D eigenvalue weighted by atomic mass is 16.7. The van der Waals surface area contributed by atoms with Crippen molar-refractivity contribution in [1.29, 1.82) is 0 Å². The molecule has 4 rings (SSSR count). The molecule has 0 aromatic heterocycles. The van der Waals surface area contributed by atoms with Gasteiger partial charge in [0.15, 0.2) is 0 Å². The number of aromatic hydroxyl groups is 2. The summed E-state index contributed by atoms with van der Waals surface area (Å²) in [7, 11) is 0. The number of aliphatic hydroxyl groups is 8. The van der Waals surface area contributed by atoms with Gasteiger partial charge in [-0.05, 0) is 29.8 Å². The molecule has 40 heavy (non-hydrogen) atoms. The fourth-order valence-corrected chi connectivity index (χ4v) is 4.29. The fourth-order valence-electron chi connectivity index (χ4n) is 4.29. The molecule has 10 N–H and O–H groups in total. The van der Waals surface area contributed by atoms with Gasteiger partial charge < -0.3 is 70.0 Å². The Bertz CT molecular complexity index is 1170. The molecule has 2 fully saturated rings. The summed E-state index contributed by atoms with van der Waals surface area (Å²) >= 11 is 0. The third kappa shape index (κ3) is 6.47. The van der Waals surface area contributed by atoms with Crippen molar-refractivity contribution in [2.24, 2.45) is 0 Å². The number of ether oxygens (including phenoxy) is 4. The van der Waals surface area contributed by atoms with Crippen molar-refractivity contribution >= 4 is 12.2 Å². The molecule has 220 valence electrons. The first-order valence-corrected chi connectivity index (χ1v) is 12.3. The molecule has 2 saturated heterocycles. The number of phenols is 2.